The fourth-order valence-electron chi connectivity index (χ4n) is 2.94. The molecule has 5 heteroatoms. The summed E-state index contributed by atoms with van der Waals surface area (Å²) in [7, 11) is 0. The van der Waals surface area contributed by atoms with Gasteiger partial charge in [-0.05, 0) is 44.2 Å². The summed E-state index contributed by atoms with van der Waals surface area (Å²) in [6, 6.07) is 18.0. The van der Waals surface area contributed by atoms with Gasteiger partial charge in [0.25, 0.3) is 0 Å². The number of fused-ring (bicyclic) bond motifs is 1. The maximum atomic E-state index is 5.69. The number of pyridine rings is 1. The summed E-state index contributed by atoms with van der Waals surface area (Å²) in [5, 5.41) is 4.67. The first-order valence-electron chi connectivity index (χ1n) is 8.91. The molecular weight excluding hydrogens is 336 g/mol. The first-order valence-corrected chi connectivity index (χ1v) is 8.91. The monoisotopic (exact) mass is 356 g/mol. The van der Waals surface area contributed by atoms with Gasteiger partial charge >= 0.3 is 0 Å². The van der Waals surface area contributed by atoms with E-state index in [0.29, 0.717) is 12.4 Å². The Balaban J connectivity index is 1.85. The zero-order chi connectivity index (χ0) is 18.6. The van der Waals surface area contributed by atoms with Crippen molar-refractivity contribution in [1.82, 2.24) is 10.4 Å². The highest BCUT2D eigenvalue weighted by molar-refractivity contribution is 6.18. The fourth-order valence-corrected chi connectivity index (χ4v) is 2.94. The van der Waals surface area contributed by atoms with Crippen molar-refractivity contribution in [3.05, 3.63) is 89.2 Å². The lowest BCUT2D eigenvalue weighted by Crippen LogP contribution is -2.19. The number of amidine groups is 1. The van der Waals surface area contributed by atoms with Gasteiger partial charge in [0.05, 0.1) is 12.3 Å². The molecule has 0 saturated heterocycles. The van der Waals surface area contributed by atoms with E-state index in [9.17, 15) is 0 Å². The second kappa shape index (κ2) is 7.41. The number of aliphatic imine (C=N–C) groups is 1. The number of aromatic nitrogens is 1. The van der Waals surface area contributed by atoms with Crippen molar-refractivity contribution >= 4 is 17.2 Å². The maximum Gasteiger partial charge on any atom is 0.154 e. The zero-order valence-electron chi connectivity index (χ0n) is 15.3. The van der Waals surface area contributed by atoms with Gasteiger partial charge in [-0.15, -0.1) is 0 Å². The van der Waals surface area contributed by atoms with E-state index in [1.165, 1.54) is 5.56 Å². The highest BCUT2D eigenvalue weighted by atomic mass is 16.5. The number of hydrogen-bond donors (Lipinski definition) is 1. The molecule has 3 aromatic rings. The van der Waals surface area contributed by atoms with Crippen molar-refractivity contribution in [3.63, 3.8) is 0 Å². The molecule has 0 aliphatic carbocycles. The fraction of sp³-hybridized carbons (Fsp3) is 0.136. The molecule has 0 radical (unpaired) electrons. The standard InChI is InChI=1S/C22H20N4O/c1-3-27-18-8-9-20-19(14-18)21(16-10-12-23-13-11-16)25-26-22(24-20)17-6-4-15(2)5-7-17/h4-14H,3H2,1-2H3,(H,24,26). The normalized spacial score (nSPS) is 13.0. The number of aryl methyl sites for hydroxylation is 1. The Morgan fingerprint density at radius 1 is 0.926 bits per heavy atom. The smallest absolute Gasteiger partial charge is 0.154 e. The second-order valence-electron chi connectivity index (χ2n) is 6.25. The molecule has 134 valence electrons. The van der Waals surface area contributed by atoms with Crippen LogP contribution in [0.2, 0.25) is 0 Å². The number of benzene rings is 2. The molecule has 0 amide bonds. The molecule has 0 spiro atoms. The Labute approximate surface area is 158 Å². The lowest BCUT2D eigenvalue weighted by molar-refractivity contribution is 0.340. The van der Waals surface area contributed by atoms with Gasteiger partial charge in [0.15, 0.2) is 5.84 Å². The molecule has 2 heterocycles. The van der Waals surface area contributed by atoms with Gasteiger partial charge in [0, 0.05) is 29.1 Å². The van der Waals surface area contributed by atoms with Crippen LogP contribution in [0.3, 0.4) is 0 Å². The maximum absolute atomic E-state index is 5.69. The first kappa shape index (κ1) is 17.0. The molecule has 0 saturated carbocycles. The first-order chi connectivity index (χ1) is 13.2. The molecule has 0 atom stereocenters. The van der Waals surface area contributed by atoms with Gasteiger partial charge in [0.2, 0.25) is 0 Å². The number of rotatable bonds is 4. The van der Waals surface area contributed by atoms with Crippen LogP contribution in [-0.4, -0.2) is 23.1 Å². The third-order valence-electron chi connectivity index (χ3n) is 4.32. The topological polar surface area (TPSA) is 58.9 Å². The number of nitrogens with zero attached hydrogens (tertiary/aromatic N) is 3. The number of hydrazone groups is 1. The van der Waals surface area contributed by atoms with Crippen LogP contribution in [0.25, 0.3) is 0 Å². The molecule has 1 aromatic heterocycles. The SMILES string of the molecule is CCOc1ccc2c(c1)C(c1ccncc1)=NNC(c1ccc(C)cc1)=N2. The Kier molecular flexibility index (Phi) is 4.66. The van der Waals surface area contributed by atoms with Gasteiger partial charge in [-0.2, -0.15) is 5.10 Å². The van der Waals surface area contributed by atoms with Gasteiger partial charge in [-0.1, -0.05) is 29.8 Å². The summed E-state index contributed by atoms with van der Waals surface area (Å²) in [4.78, 5) is 8.94. The van der Waals surface area contributed by atoms with Gasteiger partial charge in [0.1, 0.15) is 11.5 Å². The van der Waals surface area contributed by atoms with Crippen LogP contribution in [0, 0.1) is 6.92 Å². The summed E-state index contributed by atoms with van der Waals surface area (Å²) in [6.07, 6.45) is 3.52. The van der Waals surface area contributed by atoms with E-state index in [4.69, 9.17) is 9.73 Å². The van der Waals surface area contributed by atoms with Crippen LogP contribution in [0.15, 0.2) is 77.1 Å². The van der Waals surface area contributed by atoms with Crippen molar-refractivity contribution in [1.29, 1.82) is 0 Å². The van der Waals surface area contributed by atoms with E-state index in [0.717, 1.165) is 33.8 Å². The van der Waals surface area contributed by atoms with Crippen molar-refractivity contribution < 1.29 is 4.74 Å². The summed E-state index contributed by atoms with van der Waals surface area (Å²) in [6.45, 7) is 4.64. The van der Waals surface area contributed by atoms with E-state index >= 15 is 0 Å². The van der Waals surface area contributed by atoms with Crippen LogP contribution in [0.1, 0.15) is 29.2 Å². The van der Waals surface area contributed by atoms with Crippen LogP contribution in [-0.2, 0) is 0 Å². The number of hydrogen-bond acceptors (Lipinski definition) is 5. The molecular formula is C22H20N4O. The minimum Gasteiger partial charge on any atom is -0.494 e. The van der Waals surface area contributed by atoms with E-state index in [-0.39, 0.29) is 0 Å². The van der Waals surface area contributed by atoms with E-state index in [2.05, 4.69) is 34.6 Å². The molecule has 0 bridgehead atoms. The lowest BCUT2D eigenvalue weighted by Gasteiger charge is -2.10. The molecule has 1 aliphatic heterocycles. The second-order valence-corrected chi connectivity index (χ2v) is 6.25. The average molecular weight is 356 g/mol. The average Bonchev–Trinajstić information content (AvgIpc) is 2.89. The number of nitrogens with one attached hydrogen (secondary N) is 1. The summed E-state index contributed by atoms with van der Waals surface area (Å²) in [5.74, 6) is 1.51. The van der Waals surface area contributed by atoms with Crippen LogP contribution < -0.4 is 10.2 Å². The minimum atomic E-state index is 0.608. The van der Waals surface area contributed by atoms with E-state index < -0.39 is 0 Å². The van der Waals surface area contributed by atoms with Gasteiger partial charge < -0.3 is 4.74 Å². The van der Waals surface area contributed by atoms with E-state index in [1.807, 2.05) is 49.4 Å². The van der Waals surface area contributed by atoms with Gasteiger partial charge in [-0.25, -0.2) is 4.99 Å². The molecule has 27 heavy (non-hydrogen) atoms. The largest absolute Gasteiger partial charge is 0.494 e. The molecule has 2 aromatic carbocycles. The van der Waals surface area contributed by atoms with E-state index in [1.54, 1.807) is 12.4 Å². The van der Waals surface area contributed by atoms with Crippen LogP contribution in [0.5, 0.6) is 5.75 Å². The lowest BCUT2D eigenvalue weighted by atomic mass is 10.0. The third kappa shape index (κ3) is 3.58. The molecule has 0 unspecified atom stereocenters. The summed E-state index contributed by atoms with van der Waals surface area (Å²) >= 11 is 0. The Bertz CT molecular complexity index is 1010. The molecule has 4 rings (SSSR count). The molecule has 1 N–H and O–H groups in total. The molecule has 5 nitrogen and oxygen atoms in total. The van der Waals surface area contributed by atoms with Crippen molar-refractivity contribution in [3.8, 4) is 5.75 Å². The summed E-state index contributed by atoms with van der Waals surface area (Å²) < 4.78 is 5.69. The highest BCUT2D eigenvalue weighted by Crippen LogP contribution is 2.29. The summed E-state index contributed by atoms with van der Waals surface area (Å²) in [5.41, 5.74) is 8.86. The van der Waals surface area contributed by atoms with Crippen molar-refractivity contribution in [2.45, 2.75) is 13.8 Å². The third-order valence-corrected chi connectivity index (χ3v) is 4.32. The van der Waals surface area contributed by atoms with Crippen molar-refractivity contribution in [2.24, 2.45) is 10.1 Å². The predicted octanol–water partition coefficient (Wildman–Crippen LogP) is 4.22. The van der Waals surface area contributed by atoms with Crippen LogP contribution in [0.4, 0.5) is 5.69 Å². The highest BCUT2D eigenvalue weighted by Gasteiger charge is 2.18. The Hall–Kier alpha value is -3.47. The van der Waals surface area contributed by atoms with Crippen LogP contribution >= 0.6 is 0 Å². The quantitative estimate of drug-likeness (QED) is 0.761. The number of ether oxygens (including phenoxy) is 1. The Morgan fingerprint density at radius 3 is 2.44 bits per heavy atom. The van der Waals surface area contributed by atoms with Crippen molar-refractivity contribution in [2.75, 3.05) is 6.61 Å². The molecule has 1 aliphatic rings. The van der Waals surface area contributed by atoms with Gasteiger partial charge in [-0.3, -0.25) is 10.4 Å². The molecule has 0 fully saturated rings. The minimum absolute atomic E-state index is 0.608. The Morgan fingerprint density at radius 2 is 1.70 bits per heavy atom. The predicted molar refractivity (Wildman–Crippen MR) is 108 cm³/mol. The zero-order valence-corrected chi connectivity index (χ0v) is 15.3.